The van der Waals surface area contributed by atoms with Gasteiger partial charge in [-0.2, -0.15) is 15.0 Å². The van der Waals surface area contributed by atoms with E-state index in [4.69, 9.17) is 23.2 Å². The van der Waals surface area contributed by atoms with Gasteiger partial charge in [0.05, 0.1) is 0 Å². The summed E-state index contributed by atoms with van der Waals surface area (Å²) in [6.45, 7) is 4.94. The third kappa shape index (κ3) is 2.97. The number of aromatic nitrogens is 3. The second-order valence-electron chi connectivity index (χ2n) is 4.16. The Bertz CT molecular complexity index is 380. The van der Waals surface area contributed by atoms with Crippen molar-refractivity contribution < 1.29 is 0 Å². The molecule has 0 radical (unpaired) electrons. The molecule has 2 rings (SSSR count). The third-order valence-electron chi connectivity index (χ3n) is 3.10. The van der Waals surface area contributed by atoms with Gasteiger partial charge in [0.2, 0.25) is 16.5 Å². The van der Waals surface area contributed by atoms with Crippen molar-refractivity contribution >= 4 is 29.2 Å². The van der Waals surface area contributed by atoms with Gasteiger partial charge in [-0.3, -0.25) is 4.90 Å². The molecule has 1 unspecified atom stereocenters. The van der Waals surface area contributed by atoms with Crippen LogP contribution in [-0.4, -0.2) is 52.6 Å². The lowest BCUT2D eigenvalue weighted by atomic mass is 10.1. The minimum Gasteiger partial charge on any atom is -0.338 e. The molecule has 1 aromatic rings. The zero-order valence-corrected chi connectivity index (χ0v) is 11.4. The summed E-state index contributed by atoms with van der Waals surface area (Å²) in [7, 11) is 2.14. The second kappa shape index (κ2) is 5.33. The van der Waals surface area contributed by atoms with E-state index in [1.807, 2.05) is 0 Å². The molecule has 1 aliphatic rings. The van der Waals surface area contributed by atoms with Crippen LogP contribution in [0, 0.1) is 0 Å². The number of nitrogens with zero attached hydrogens (tertiary/aromatic N) is 5. The smallest absolute Gasteiger partial charge is 0.231 e. The van der Waals surface area contributed by atoms with Crippen molar-refractivity contribution in [3.63, 3.8) is 0 Å². The van der Waals surface area contributed by atoms with E-state index in [-0.39, 0.29) is 10.6 Å². The summed E-state index contributed by atoms with van der Waals surface area (Å²) in [6.07, 6.45) is 1.10. The number of piperazine rings is 1. The minimum absolute atomic E-state index is 0.145. The van der Waals surface area contributed by atoms with Gasteiger partial charge in [-0.25, -0.2) is 0 Å². The van der Waals surface area contributed by atoms with E-state index < -0.39 is 0 Å². The number of likely N-dealkylation sites (N-methyl/N-ethyl adjacent to an activating group) is 1. The van der Waals surface area contributed by atoms with Crippen molar-refractivity contribution in [2.45, 2.75) is 19.4 Å². The van der Waals surface area contributed by atoms with E-state index in [1.165, 1.54) is 0 Å². The average Bonchev–Trinajstić information content (AvgIpc) is 2.28. The summed E-state index contributed by atoms with van der Waals surface area (Å²) in [5.74, 6) is 0.571. The molecule has 0 aromatic carbocycles. The van der Waals surface area contributed by atoms with Crippen molar-refractivity contribution in [1.29, 1.82) is 0 Å². The fourth-order valence-electron chi connectivity index (χ4n) is 2.03. The molecular weight excluding hydrogens is 261 g/mol. The number of anilines is 1. The van der Waals surface area contributed by atoms with E-state index in [1.54, 1.807) is 0 Å². The lowest BCUT2D eigenvalue weighted by Crippen LogP contribution is -2.51. The summed E-state index contributed by atoms with van der Waals surface area (Å²) in [5.41, 5.74) is 0. The highest BCUT2D eigenvalue weighted by Gasteiger charge is 2.24. The topological polar surface area (TPSA) is 45.2 Å². The molecule has 17 heavy (non-hydrogen) atoms. The zero-order chi connectivity index (χ0) is 12.4. The largest absolute Gasteiger partial charge is 0.338 e. The maximum absolute atomic E-state index is 5.78. The molecule has 1 aliphatic heterocycles. The van der Waals surface area contributed by atoms with Crippen LogP contribution in [0.25, 0.3) is 0 Å². The molecule has 0 N–H and O–H groups in total. The summed E-state index contributed by atoms with van der Waals surface area (Å²) in [6, 6.07) is 0.512. The van der Waals surface area contributed by atoms with Crippen molar-refractivity contribution in [3.8, 4) is 0 Å². The van der Waals surface area contributed by atoms with Crippen molar-refractivity contribution in [1.82, 2.24) is 19.9 Å². The molecule has 1 saturated heterocycles. The van der Waals surface area contributed by atoms with Gasteiger partial charge in [0.15, 0.2) is 0 Å². The molecular formula is C10H15Cl2N5. The van der Waals surface area contributed by atoms with Crippen LogP contribution < -0.4 is 4.90 Å². The minimum atomic E-state index is 0.145. The molecule has 0 spiro atoms. The molecule has 7 heteroatoms. The van der Waals surface area contributed by atoms with Crippen LogP contribution in [-0.2, 0) is 0 Å². The van der Waals surface area contributed by atoms with Gasteiger partial charge in [0.1, 0.15) is 0 Å². The quantitative estimate of drug-likeness (QED) is 0.822. The van der Waals surface area contributed by atoms with Gasteiger partial charge in [-0.1, -0.05) is 6.92 Å². The van der Waals surface area contributed by atoms with Crippen LogP contribution in [0.5, 0.6) is 0 Å². The van der Waals surface area contributed by atoms with Gasteiger partial charge in [0, 0.05) is 25.7 Å². The molecule has 94 valence electrons. The SMILES string of the molecule is CCC1CN(c2nc(Cl)nc(Cl)n2)CCN1C. The normalized spacial score (nSPS) is 21.9. The van der Waals surface area contributed by atoms with Gasteiger partial charge in [0.25, 0.3) is 0 Å². The lowest BCUT2D eigenvalue weighted by molar-refractivity contribution is 0.212. The highest BCUT2D eigenvalue weighted by molar-refractivity contribution is 6.31. The molecule has 0 saturated carbocycles. The van der Waals surface area contributed by atoms with Crippen LogP contribution in [0.3, 0.4) is 0 Å². The lowest BCUT2D eigenvalue weighted by Gasteiger charge is -2.39. The molecule has 1 aromatic heterocycles. The van der Waals surface area contributed by atoms with Crippen molar-refractivity contribution in [2.24, 2.45) is 0 Å². The summed E-state index contributed by atoms with van der Waals surface area (Å²) in [4.78, 5) is 16.4. The van der Waals surface area contributed by atoms with E-state index in [2.05, 4.69) is 38.7 Å². The molecule has 0 aliphatic carbocycles. The molecule has 5 nitrogen and oxygen atoms in total. The van der Waals surface area contributed by atoms with Crippen LogP contribution in [0.15, 0.2) is 0 Å². The van der Waals surface area contributed by atoms with E-state index in [0.717, 1.165) is 26.1 Å². The number of rotatable bonds is 2. The highest BCUT2D eigenvalue weighted by Crippen LogP contribution is 2.18. The Morgan fingerprint density at radius 1 is 1.18 bits per heavy atom. The summed E-state index contributed by atoms with van der Waals surface area (Å²) in [5, 5.41) is 0.291. The maximum Gasteiger partial charge on any atom is 0.231 e. The fraction of sp³-hybridized carbons (Fsp3) is 0.700. The fourth-order valence-corrected chi connectivity index (χ4v) is 2.38. The monoisotopic (exact) mass is 275 g/mol. The van der Waals surface area contributed by atoms with Crippen LogP contribution in [0.4, 0.5) is 5.95 Å². The Kier molecular flexibility index (Phi) is 4.01. The van der Waals surface area contributed by atoms with E-state index in [0.29, 0.717) is 12.0 Å². The molecule has 1 atom stereocenters. The Morgan fingerprint density at radius 2 is 1.82 bits per heavy atom. The van der Waals surface area contributed by atoms with Gasteiger partial charge < -0.3 is 4.90 Å². The standard InChI is InChI=1S/C10H15Cl2N5/c1-3-7-6-17(5-4-16(7)2)10-14-8(11)13-9(12)15-10/h7H,3-6H2,1-2H3. The summed E-state index contributed by atoms with van der Waals surface area (Å²) >= 11 is 11.6. The Morgan fingerprint density at radius 3 is 2.41 bits per heavy atom. The Hall–Kier alpha value is -0.650. The van der Waals surface area contributed by atoms with E-state index >= 15 is 0 Å². The van der Waals surface area contributed by atoms with Crippen molar-refractivity contribution in [2.75, 3.05) is 31.6 Å². The first-order valence-corrected chi connectivity index (χ1v) is 6.38. The van der Waals surface area contributed by atoms with Crippen LogP contribution in [0.2, 0.25) is 10.6 Å². The highest BCUT2D eigenvalue weighted by atomic mass is 35.5. The Labute approximate surface area is 111 Å². The van der Waals surface area contributed by atoms with Gasteiger partial charge >= 0.3 is 0 Å². The molecule has 0 amide bonds. The third-order valence-corrected chi connectivity index (χ3v) is 3.44. The first-order chi connectivity index (χ1) is 8.10. The zero-order valence-electron chi connectivity index (χ0n) is 9.90. The summed E-state index contributed by atoms with van der Waals surface area (Å²) < 4.78 is 0. The van der Waals surface area contributed by atoms with Crippen molar-refractivity contribution in [3.05, 3.63) is 10.6 Å². The van der Waals surface area contributed by atoms with E-state index in [9.17, 15) is 0 Å². The van der Waals surface area contributed by atoms with Gasteiger partial charge in [-0.15, -0.1) is 0 Å². The second-order valence-corrected chi connectivity index (χ2v) is 4.84. The predicted octanol–water partition coefficient (Wildman–Crippen LogP) is 1.71. The average molecular weight is 276 g/mol. The van der Waals surface area contributed by atoms with Crippen LogP contribution in [0.1, 0.15) is 13.3 Å². The molecule has 0 bridgehead atoms. The first kappa shape index (κ1) is 12.8. The Balaban J connectivity index is 2.17. The van der Waals surface area contributed by atoms with Gasteiger partial charge in [-0.05, 0) is 36.7 Å². The number of halogens is 2. The first-order valence-electron chi connectivity index (χ1n) is 5.62. The predicted molar refractivity (Wildman–Crippen MR) is 68.8 cm³/mol. The number of hydrogen-bond acceptors (Lipinski definition) is 5. The maximum atomic E-state index is 5.78. The molecule has 1 fully saturated rings. The van der Waals surface area contributed by atoms with Crippen LogP contribution >= 0.6 is 23.2 Å². The number of hydrogen-bond donors (Lipinski definition) is 0. The molecule has 2 heterocycles.